The average Bonchev–Trinajstić information content (AvgIpc) is 2.42. The molecule has 1 aromatic carbocycles. The maximum atomic E-state index is 11.9. The molecule has 0 saturated heterocycles. The highest BCUT2D eigenvalue weighted by Gasteiger charge is 2.29. The SMILES string of the molecule is CC(=O)c1cc2cc3c(cc2oc1=O)N(C)C(C)(C)C=C3C. The van der Waals surface area contributed by atoms with Crippen LogP contribution in [-0.4, -0.2) is 18.4 Å². The van der Waals surface area contributed by atoms with Gasteiger partial charge in [-0.1, -0.05) is 6.08 Å². The molecule has 0 fully saturated rings. The number of carbonyl (C=O) groups excluding carboxylic acids is 1. The highest BCUT2D eigenvalue weighted by Crippen LogP contribution is 2.39. The Morgan fingerprint density at radius 3 is 2.55 bits per heavy atom. The van der Waals surface area contributed by atoms with Crippen molar-refractivity contribution in [3.63, 3.8) is 0 Å². The van der Waals surface area contributed by atoms with Crippen LogP contribution < -0.4 is 10.5 Å². The minimum Gasteiger partial charge on any atom is -0.422 e. The second-order valence-electron chi connectivity index (χ2n) is 6.45. The molecule has 114 valence electrons. The molecule has 22 heavy (non-hydrogen) atoms. The Kier molecular flexibility index (Phi) is 3.02. The van der Waals surface area contributed by atoms with Gasteiger partial charge in [-0.05, 0) is 45.4 Å². The van der Waals surface area contributed by atoms with Crippen molar-refractivity contribution in [2.24, 2.45) is 0 Å². The molecule has 0 bridgehead atoms. The van der Waals surface area contributed by atoms with E-state index >= 15 is 0 Å². The Balaban J connectivity index is 2.34. The first-order valence-corrected chi connectivity index (χ1v) is 7.27. The van der Waals surface area contributed by atoms with Crippen molar-refractivity contribution in [3.05, 3.63) is 45.8 Å². The Hall–Kier alpha value is -2.36. The van der Waals surface area contributed by atoms with E-state index in [9.17, 15) is 9.59 Å². The summed E-state index contributed by atoms with van der Waals surface area (Å²) >= 11 is 0. The van der Waals surface area contributed by atoms with E-state index in [0.717, 1.165) is 16.6 Å². The van der Waals surface area contributed by atoms with Crippen LogP contribution in [-0.2, 0) is 0 Å². The molecule has 0 saturated carbocycles. The predicted octanol–water partition coefficient (Wildman–Crippen LogP) is 3.63. The fourth-order valence-corrected chi connectivity index (χ4v) is 3.01. The summed E-state index contributed by atoms with van der Waals surface area (Å²) in [5.74, 6) is -0.279. The van der Waals surface area contributed by atoms with Gasteiger partial charge in [0.15, 0.2) is 5.78 Å². The van der Waals surface area contributed by atoms with E-state index in [1.54, 1.807) is 6.07 Å². The van der Waals surface area contributed by atoms with Crippen molar-refractivity contribution in [1.29, 1.82) is 0 Å². The topological polar surface area (TPSA) is 50.5 Å². The number of carbonyl (C=O) groups is 1. The van der Waals surface area contributed by atoms with Gasteiger partial charge in [-0.3, -0.25) is 4.79 Å². The summed E-state index contributed by atoms with van der Waals surface area (Å²) in [6.45, 7) is 7.72. The third kappa shape index (κ3) is 2.06. The van der Waals surface area contributed by atoms with E-state index in [0.29, 0.717) is 5.58 Å². The number of fused-ring (bicyclic) bond motifs is 2. The highest BCUT2D eigenvalue weighted by molar-refractivity contribution is 5.98. The number of Topliss-reactive ketones (excluding diaryl/α,β-unsaturated/α-hetero) is 1. The van der Waals surface area contributed by atoms with Gasteiger partial charge in [0.1, 0.15) is 11.1 Å². The number of benzene rings is 1. The summed E-state index contributed by atoms with van der Waals surface area (Å²) in [5.41, 5.74) is 3.21. The molecule has 1 aliphatic heterocycles. The number of hydrogen-bond acceptors (Lipinski definition) is 4. The fourth-order valence-electron chi connectivity index (χ4n) is 3.01. The second-order valence-corrected chi connectivity index (χ2v) is 6.45. The first-order chi connectivity index (χ1) is 10.2. The van der Waals surface area contributed by atoms with E-state index in [4.69, 9.17) is 4.42 Å². The Labute approximate surface area is 129 Å². The smallest absolute Gasteiger partial charge is 0.347 e. The van der Waals surface area contributed by atoms with Gasteiger partial charge in [0, 0.05) is 29.8 Å². The minimum absolute atomic E-state index is 0.0959. The summed E-state index contributed by atoms with van der Waals surface area (Å²) < 4.78 is 5.35. The molecule has 3 rings (SSSR count). The number of allylic oxidation sites excluding steroid dienone is 1. The largest absolute Gasteiger partial charge is 0.422 e. The standard InChI is InChI=1S/C18H19NO3/c1-10-9-18(3,4)19(5)15-8-16-12(6-13(10)15)7-14(11(2)20)17(21)22-16/h6-9H,1-5H3. The van der Waals surface area contributed by atoms with Crippen LogP contribution in [0, 0.1) is 0 Å². The van der Waals surface area contributed by atoms with Gasteiger partial charge in [-0.2, -0.15) is 0 Å². The van der Waals surface area contributed by atoms with E-state index in [1.807, 2.05) is 19.2 Å². The molecule has 1 aromatic heterocycles. The predicted molar refractivity (Wildman–Crippen MR) is 88.6 cm³/mol. The summed E-state index contributed by atoms with van der Waals surface area (Å²) in [5, 5.41) is 0.768. The van der Waals surface area contributed by atoms with Gasteiger partial charge in [-0.15, -0.1) is 0 Å². The molecule has 2 aromatic rings. The zero-order valence-corrected chi connectivity index (χ0v) is 13.5. The molecule has 0 unspecified atom stereocenters. The minimum atomic E-state index is -0.579. The average molecular weight is 297 g/mol. The van der Waals surface area contributed by atoms with Gasteiger partial charge in [0.05, 0.1) is 5.54 Å². The molecule has 0 radical (unpaired) electrons. The monoisotopic (exact) mass is 297 g/mol. The second kappa shape index (κ2) is 4.57. The highest BCUT2D eigenvalue weighted by atomic mass is 16.4. The molecule has 2 heterocycles. The molecule has 0 atom stereocenters. The van der Waals surface area contributed by atoms with Crippen molar-refractivity contribution >= 4 is 28.0 Å². The van der Waals surface area contributed by atoms with Crippen LogP contribution in [0.4, 0.5) is 5.69 Å². The summed E-state index contributed by atoms with van der Waals surface area (Å²) in [7, 11) is 2.02. The lowest BCUT2D eigenvalue weighted by Gasteiger charge is -2.40. The Bertz CT molecular complexity index is 887. The lowest BCUT2D eigenvalue weighted by atomic mass is 9.88. The molecule has 4 heteroatoms. The van der Waals surface area contributed by atoms with Crippen LogP contribution in [0.15, 0.2) is 33.5 Å². The van der Waals surface area contributed by atoms with Crippen molar-refractivity contribution in [2.45, 2.75) is 33.2 Å². The molecule has 0 aliphatic carbocycles. The van der Waals surface area contributed by atoms with Crippen LogP contribution in [0.3, 0.4) is 0 Å². The van der Waals surface area contributed by atoms with Crippen molar-refractivity contribution in [2.75, 3.05) is 11.9 Å². The van der Waals surface area contributed by atoms with E-state index < -0.39 is 5.63 Å². The van der Waals surface area contributed by atoms with Crippen molar-refractivity contribution < 1.29 is 9.21 Å². The lowest BCUT2D eigenvalue weighted by molar-refractivity contribution is 0.101. The zero-order chi connectivity index (χ0) is 16.2. The number of anilines is 1. The summed E-state index contributed by atoms with van der Waals surface area (Å²) in [4.78, 5) is 25.6. The normalized spacial score (nSPS) is 16.4. The number of rotatable bonds is 1. The molecule has 0 spiro atoms. The Morgan fingerprint density at radius 2 is 1.91 bits per heavy atom. The van der Waals surface area contributed by atoms with Crippen LogP contribution in [0.5, 0.6) is 0 Å². The van der Waals surface area contributed by atoms with Gasteiger partial charge >= 0.3 is 5.63 Å². The number of hydrogen-bond donors (Lipinski definition) is 0. The first-order valence-electron chi connectivity index (χ1n) is 7.27. The number of likely N-dealkylation sites (N-methyl/N-ethyl adjacent to an activating group) is 1. The quantitative estimate of drug-likeness (QED) is 0.596. The van der Waals surface area contributed by atoms with Gasteiger partial charge in [0.25, 0.3) is 0 Å². The zero-order valence-electron chi connectivity index (χ0n) is 13.5. The van der Waals surface area contributed by atoms with Gasteiger partial charge in [0.2, 0.25) is 0 Å². The summed E-state index contributed by atoms with van der Waals surface area (Å²) in [6.07, 6.45) is 2.21. The maximum absolute atomic E-state index is 11.9. The lowest BCUT2D eigenvalue weighted by Crippen LogP contribution is -2.42. The molecular weight excluding hydrogens is 278 g/mol. The van der Waals surface area contributed by atoms with Crippen LogP contribution in [0.1, 0.15) is 43.6 Å². The molecule has 4 nitrogen and oxygen atoms in total. The van der Waals surface area contributed by atoms with Gasteiger partial charge in [-0.25, -0.2) is 4.79 Å². The van der Waals surface area contributed by atoms with E-state index in [-0.39, 0.29) is 16.9 Å². The third-order valence-electron chi connectivity index (χ3n) is 4.45. The number of nitrogens with zero attached hydrogens (tertiary/aromatic N) is 1. The Morgan fingerprint density at radius 1 is 1.23 bits per heavy atom. The molecule has 0 amide bonds. The summed E-state index contributed by atoms with van der Waals surface area (Å²) in [6, 6.07) is 5.49. The maximum Gasteiger partial charge on any atom is 0.347 e. The van der Waals surface area contributed by atoms with E-state index in [1.165, 1.54) is 12.5 Å². The third-order valence-corrected chi connectivity index (χ3v) is 4.45. The van der Waals surface area contributed by atoms with Crippen LogP contribution >= 0.6 is 0 Å². The first kappa shape index (κ1) is 14.6. The molecule has 1 aliphatic rings. The number of ketones is 1. The fraction of sp³-hybridized carbons (Fsp3) is 0.333. The van der Waals surface area contributed by atoms with Crippen LogP contribution in [0.2, 0.25) is 0 Å². The van der Waals surface area contributed by atoms with E-state index in [2.05, 4.69) is 31.7 Å². The molecular formula is C18H19NO3. The molecule has 0 N–H and O–H groups in total. The van der Waals surface area contributed by atoms with Crippen molar-refractivity contribution in [3.8, 4) is 0 Å². The van der Waals surface area contributed by atoms with Gasteiger partial charge < -0.3 is 9.32 Å². The van der Waals surface area contributed by atoms with Crippen LogP contribution in [0.25, 0.3) is 16.5 Å². The van der Waals surface area contributed by atoms with Crippen molar-refractivity contribution in [1.82, 2.24) is 0 Å².